The summed E-state index contributed by atoms with van der Waals surface area (Å²) in [6.07, 6.45) is 4.15. The molecule has 0 radical (unpaired) electrons. The first-order valence-corrected chi connectivity index (χ1v) is 10.0. The van der Waals surface area contributed by atoms with Crippen LogP contribution < -0.4 is 14.8 Å². The second kappa shape index (κ2) is 8.15. The summed E-state index contributed by atoms with van der Waals surface area (Å²) in [5.41, 5.74) is 2.21. The summed E-state index contributed by atoms with van der Waals surface area (Å²) in [5.74, 6) is 1.11. The molecule has 0 aromatic heterocycles. The number of ether oxygens (including phenoxy) is 2. The summed E-state index contributed by atoms with van der Waals surface area (Å²) < 4.78 is 10.6. The Bertz CT molecular complexity index is 879. The van der Waals surface area contributed by atoms with Gasteiger partial charge in [0.2, 0.25) is 0 Å². The van der Waals surface area contributed by atoms with Gasteiger partial charge >= 0.3 is 0 Å². The molecule has 152 valence electrons. The summed E-state index contributed by atoms with van der Waals surface area (Å²) in [4.78, 5) is 27.3. The zero-order chi connectivity index (χ0) is 20.4. The van der Waals surface area contributed by atoms with Gasteiger partial charge in [-0.15, -0.1) is 0 Å². The number of carbonyl (C=O) groups excluding carboxylic acids is 2. The maximum Gasteiger partial charge on any atom is 0.254 e. The number of nitrogens with one attached hydrogen (secondary N) is 1. The highest BCUT2D eigenvalue weighted by Gasteiger charge is 2.33. The van der Waals surface area contributed by atoms with Crippen molar-refractivity contribution in [2.24, 2.45) is 0 Å². The van der Waals surface area contributed by atoms with Crippen molar-refractivity contribution in [3.8, 4) is 11.5 Å². The number of hydrogen-bond donors (Lipinski definition) is 1. The molecule has 29 heavy (non-hydrogen) atoms. The molecule has 2 amide bonds. The van der Waals surface area contributed by atoms with Crippen LogP contribution in [0.4, 0.5) is 0 Å². The standard InChI is InChI=1S/C23H26N2O4/c1-28-20-11-17(12-21(13-20)29-2)23(27)25(19-9-10-19)14-15-3-5-16(6-4-15)22(26)24-18-7-8-18/h3-6,11-13,18-19H,7-10,14H2,1-2H3,(H,24,26). The maximum absolute atomic E-state index is 13.2. The first-order valence-electron chi connectivity index (χ1n) is 10.0. The van der Waals surface area contributed by atoms with Gasteiger partial charge < -0.3 is 19.7 Å². The molecule has 2 aromatic rings. The van der Waals surface area contributed by atoms with Gasteiger partial charge in [0.25, 0.3) is 11.8 Å². The molecule has 0 heterocycles. The second-order valence-electron chi connectivity index (χ2n) is 7.71. The molecule has 0 aliphatic heterocycles. The molecule has 0 atom stereocenters. The minimum Gasteiger partial charge on any atom is -0.497 e. The predicted octanol–water partition coefficient (Wildman–Crippen LogP) is 3.40. The average Bonchev–Trinajstić information content (AvgIpc) is 3.66. The van der Waals surface area contributed by atoms with Crippen molar-refractivity contribution in [3.63, 3.8) is 0 Å². The van der Waals surface area contributed by atoms with Crippen LogP contribution >= 0.6 is 0 Å². The van der Waals surface area contributed by atoms with Crippen LogP contribution in [-0.4, -0.2) is 43.0 Å². The van der Waals surface area contributed by atoms with E-state index in [1.165, 1.54) is 0 Å². The Labute approximate surface area is 170 Å². The molecule has 2 fully saturated rings. The Balaban J connectivity index is 1.49. The van der Waals surface area contributed by atoms with Crippen LogP contribution in [0.2, 0.25) is 0 Å². The number of hydrogen-bond acceptors (Lipinski definition) is 4. The predicted molar refractivity (Wildman–Crippen MR) is 109 cm³/mol. The molecule has 2 saturated carbocycles. The van der Waals surface area contributed by atoms with Crippen LogP contribution in [0.5, 0.6) is 11.5 Å². The van der Waals surface area contributed by atoms with Crippen molar-refractivity contribution in [1.29, 1.82) is 0 Å². The third kappa shape index (κ3) is 4.70. The highest BCUT2D eigenvalue weighted by molar-refractivity contribution is 5.96. The number of amides is 2. The number of nitrogens with zero attached hydrogens (tertiary/aromatic N) is 1. The van der Waals surface area contributed by atoms with E-state index in [1.54, 1.807) is 32.4 Å². The van der Waals surface area contributed by atoms with Gasteiger partial charge in [0.05, 0.1) is 14.2 Å². The monoisotopic (exact) mass is 394 g/mol. The van der Waals surface area contributed by atoms with Gasteiger partial charge in [0, 0.05) is 35.8 Å². The second-order valence-corrected chi connectivity index (χ2v) is 7.71. The third-order valence-electron chi connectivity index (χ3n) is 5.33. The molecule has 0 unspecified atom stereocenters. The van der Waals surface area contributed by atoms with Gasteiger partial charge in [-0.2, -0.15) is 0 Å². The zero-order valence-electron chi connectivity index (χ0n) is 16.8. The Kier molecular flexibility index (Phi) is 5.43. The average molecular weight is 394 g/mol. The van der Waals surface area contributed by atoms with Gasteiger partial charge in [-0.3, -0.25) is 9.59 Å². The fraction of sp³-hybridized carbons (Fsp3) is 0.391. The molecule has 2 aromatic carbocycles. The van der Waals surface area contributed by atoms with Gasteiger partial charge in [-0.1, -0.05) is 12.1 Å². The minimum atomic E-state index is -0.0414. The summed E-state index contributed by atoms with van der Waals surface area (Å²) in [7, 11) is 3.14. The normalized spacial score (nSPS) is 15.5. The van der Waals surface area contributed by atoms with Crippen molar-refractivity contribution in [3.05, 3.63) is 59.2 Å². The van der Waals surface area contributed by atoms with Crippen molar-refractivity contribution >= 4 is 11.8 Å². The molecule has 4 rings (SSSR count). The van der Waals surface area contributed by atoms with Crippen molar-refractivity contribution in [2.45, 2.75) is 44.3 Å². The molecular formula is C23H26N2O4. The summed E-state index contributed by atoms with van der Waals surface area (Å²) in [5, 5.41) is 2.99. The maximum atomic E-state index is 13.2. The van der Waals surface area contributed by atoms with Crippen LogP contribution in [0.15, 0.2) is 42.5 Å². The van der Waals surface area contributed by atoms with Crippen LogP contribution in [0.3, 0.4) is 0 Å². The van der Waals surface area contributed by atoms with Gasteiger partial charge in [-0.25, -0.2) is 0 Å². The lowest BCUT2D eigenvalue weighted by atomic mass is 10.1. The molecule has 6 nitrogen and oxygen atoms in total. The Hall–Kier alpha value is -3.02. The number of rotatable bonds is 8. The minimum absolute atomic E-state index is 0.0300. The van der Waals surface area contributed by atoms with Gasteiger partial charge in [0.15, 0.2) is 0 Å². The molecule has 1 N–H and O–H groups in total. The summed E-state index contributed by atoms with van der Waals surface area (Å²) >= 11 is 0. The molecule has 2 aliphatic carbocycles. The fourth-order valence-electron chi connectivity index (χ4n) is 3.30. The Morgan fingerprint density at radius 1 is 0.931 bits per heavy atom. The number of methoxy groups -OCH3 is 2. The van der Waals surface area contributed by atoms with E-state index in [2.05, 4.69) is 5.32 Å². The lowest BCUT2D eigenvalue weighted by Gasteiger charge is -2.23. The molecule has 6 heteroatoms. The van der Waals surface area contributed by atoms with E-state index in [0.717, 1.165) is 31.2 Å². The molecule has 2 aliphatic rings. The van der Waals surface area contributed by atoms with Crippen LogP contribution in [0.1, 0.15) is 52.0 Å². The fourth-order valence-corrected chi connectivity index (χ4v) is 3.30. The van der Waals surface area contributed by atoms with Gasteiger partial charge in [-0.05, 0) is 55.5 Å². The molecule has 0 spiro atoms. The molecule has 0 bridgehead atoms. The van der Waals surface area contributed by atoms with E-state index in [1.807, 2.05) is 29.2 Å². The smallest absolute Gasteiger partial charge is 0.254 e. The lowest BCUT2D eigenvalue weighted by Crippen LogP contribution is -2.32. The third-order valence-corrected chi connectivity index (χ3v) is 5.33. The van der Waals surface area contributed by atoms with Crippen molar-refractivity contribution < 1.29 is 19.1 Å². The van der Waals surface area contributed by atoms with E-state index >= 15 is 0 Å². The quantitative estimate of drug-likeness (QED) is 0.745. The largest absolute Gasteiger partial charge is 0.497 e. The molecular weight excluding hydrogens is 368 g/mol. The summed E-state index contributed by atoms with van der Waals surface area (Å²) in [6.45, 7) is 0.507. The Morgan fingerprint density at radius 3 is 2.07 bits per heavy atom. The van der Waals surface area contributed by atoms with Gasteiger partial charge in [0.1, 0.15) is 11.5 Å². The SMILES string of the molecule is COc1cc(OC)cc(C(=O)N(Cc2ccc(C(=O)NC3CC3)cc2)C2CC2)c1. The van der Waals surface area contributed by atoms with E-state index in [0.29, 0.717) is 35.2 Å². The topological polar surface area (TPSA) is 67.9 Å². The number of benzene rings is 2. The lowest BCUT2D eigenvalue weighted by molar-refractivity contribution is 0.0728. The van der Waals surface area contributed by atoms with E-state index in [-0.39, 0.29) is 17.9 Å². The van der Waals surface area contributed by atoms with Crippen LogP contribution in [0.25, 0.3) is 0 Å². The first-order chi connectivity index (χ1) is 14.1. The van der Waals surface area contributed by atoms with E-state index in [9.17, 15) is 9.59 Å². The van der Waals surface area contributed by atoms with Crippen LogP contribution in [0, 0.1) is 0 Å². The number of carbonyl (C=O) groups is 2. The summed E-state index contributed by atoms with van der Waals surface area (Å²) in [6, 6.07) is 13.3. The van der Waals surface area contributed by atoms with Crippen molar-refractivity contribution in [1.82, 2.24) is 10.2 Å². The highest BCUT2D eigenvalue weighted by atomic mass is 16.5. The molecule has 0 saturated heterocycles. The van der Waals surface area contributed by atoms with Crippen LogP contribution in [-0.2, 0) is 6.54 Å². The first kappa shape index (κ1) is 19.3. The zero-order valence-corrected chi connectivity index (χ0v) is 16.8. The van der Waals surface area contributed by atoms with Crippen molar-refractivity contribution in [2.75, 3.05) is 14.2 Å². The van der Waals surface area contributed by atoms with E-state index in [4.69, 9.17) is 9.47 Å². The van der Waals surface area contributed by atoms with E-state index < -0.39 is 0 Å². The highest BCUT2D eigenvalue weighted by Crippen LogP contribution is 2.31. The Morgan fingerprint density at radius 2 is 1.55 bits per heavy atom.